The molecule has 0 radical (unpaired) electrons. The van der Waals surface area contributed by atoms with Crippen molar-refractivity contribution in [3.8, 4) is 22.3 Å². The van der Waals surface area contributed by atoms with E-state index < -0.39 is 0 Å². The number of anilines is 1. The Morgan fingerprint density at radius 1 is 1.11 bits per heavy atom. The number of oxazole rings is 1. The average Bonchev–Trinajstić information content (AvgIpc) is 3.38. The summed E-state index contributed by atoms with van der Waals surface area (Å²) in [5, 5.41) is 4.70. The molecule has 0 aliphatic carbocycles. The second-order valence-electron chi connectivity index (χ2n) is 6.15. The van der Waals surface area contributed by atoms with Gasteiger partial charge in [-0.3, -0.25) is 4.79 Å². The number of amides is 1. The van der Waals surface area contributed by atoms with Crippen molar-refractivity contribution in [2.45, 2.75) is 13.8 Å². The van der Waals surface area contributed by atoms with Gasteiger partial charge in [-0.1, -0.05) is 18.2 Å². The number of nitrogens with zero attached hydrogens (tertiary/aromatic N) is 2. The Balaban J connectivity index is 1.47. The molecule has 3 heterocycles. The standard InChI is InChI=1S/C21H17N3O3S/c1-13-5-3-6-16(14(13)2)27-18-9-8-15(11-22-18)24-21(25)19-20(26-12-23-19)17-7-4-10-28-17/h3-12H,1-2H3,(H,24,25). The van der Waals surface area contributed by atoms with Crippen molar-refractivity contribution in [2.75, 3.05) is 5.32 Å². The molecule has 0 saturated heterocycles. The van der Waals surface area contributed by atoms with Gasteiger partial charge in [0.25, 0.3) is 5.91 Å². The highest BCUT2D eigenvalue weighted by molar-refractivity contribution is 7.13. The minimum absolute atomic E-state index is 0.234. The molecule has 0 aliphatic rings. The van der Waals surface area contributed by atoms with E-state index in [1.807, 2.05) is 49.6 Å². The van der Waals surface area contributed by atoms with Gasteiger partial charge < -0.3 is 14.5 Å². The normalized spacial score (nSPS) is 10.6. The molecule has 7 heteroatoms. The van der Waals surface area contributed by atoms with Gasteiger partial charge in [0.05, 0.1) is 16.8 Å². The molecule has 3 aromatic heterocycles. The third-order valence-electron chi connectivity index (χ3n) is 4.29. The Kier molecular flexibility index (Phi) is 4.90. The fourth-order valence-electron chi connectivity index (χ4n) is 2.64. The number of thiophene rings is 1. The van der Waals surface area contributed by atoms with E-state index in [0.717, 1.165) is 21.8 Å². The van der Waals surface area contributed by atoms with Gasteiger partial charge in [0, 0.05) is 6.07 Å². The maximum absolute atomic E-state index is 12.6. The molecule has 28 heavy (non-hydrogen) atoms. The molecular formula is C21H17N3O3S. The first kappa shape index (κ1) is 17.9. The van der Waals surface area contributed by atoms with Gasteiger partial charge in [0.2, 0.25) is 5.88 Å². The first-order valence-electron chi connectivity index (χ1n) is 8.60. The zero-order valence-corrected chi connectivity index (χ0v) is 16.1. The average molecular weight is 391 g/mol. The van der Waals surface area contributed by atoms with Gasteiger partial charge in [0.15, 0.2) is 17.8 Å². The third-order valence-corrected chi connectivity index (χ3v) is 5.16. The van der Waals surface area contributed by atoms with Crippen LogP contribution >= 0.6 is 11.3 Å². The Morgan fingerprint density at radius 3 is 2.75 bits per heavy atom. The maximum Gasteiger partial charge on any atom is 0.278 e. The van der Waals surface area contributed by atoms with Crippen molar-refractivity contribution in [3.05, 3.63) is 77.3 Å². The number of benzene rings is 1. The van der Waals surface area contributed by atoms with Gasteiger partial charge in [0.1, 0.15) is 5.75 Å². The first-order valence-corrected chi connectivity index (χ1v) is 9.48. The van der Waals surface area contributed by atoms with Crippen LogP contribution in [0.25, 0.3) is 10.6 Å². The van der Waals surface area contributed by atoms with Crippen LogP contribution in [0, 0.1) is 13.8 Å². The van der Waals surface area contributed by atoms with Crippen molar-refractivity contribution in [3.63, 3.8) is 0 Å². The maximum atomic E-state index is 12.6. The SMILES string of the molecule is Cc1cccc(Oc2ccc(NC(=O)c3ncoc3-c3cccs3)cn2)c1C. The predicted octanol–water partition coefficient (Wildman–Crippen LogP) is 5.46. The van der Waals surface area contributed by atoms with Crippen LogP contribution < -0.4 is 10.1 Å². The fraction of sp³-hybridized carbons (Fsp3) is 0.0952. The highest BCUT2D eigenvalue weighted by Crippen LogP contribution is 2.29. The lowest BCUT2D eigenvalue weighted by Crippen LogP contribution is -2.13. The Morgan fingerprint density at radius 2 is 2.00 bits per heavy atom. The summed E-state index contributed by atoms with van der Waals surface area (Å²) < 4.78 is 11.2. The van der Waals surface area contributed by atoms with Crippen molar-refractivity contribution in [2.24, 2.45) is 0 Å². The number of carbonyl (C=O) groups excluding carboxylic acids is 1. The van der Waals surface area contributed by atoms with Crippen molar-refractivity contribution < 1.29 is 13.9 Å². The number of aromatic nitrogens is 2. The molecule has 4 aromatic rings. The van der Waals surface area contributed by atoms with Crippen LogP contribution in [-0.4, -0.2) is 15.9 Å². The topological polar surface area (TPSA) is 77.2 Å². The lowest BCUT2D eigenvalue weighted by Gasteiger charge is -2.10. The first-order chi connectivity index (χ1) is 13.6. The van der Waals surface area contributed by atoms with E-state index in [1.165, 1.54) is 17.7 Å². The van der Waals surface area contributed by atoms with Gasteiger partial charge in [-0.2, -0.15) is 0 Å². The molecule has 0 spiro atoms. The van der Waals surface area contributed by atoms with E-state index >= 15 is 0 Å². The lowest BCUT2D eigenvalue weighted by atomic mass is 10.1. The molecule has 0 unspecified atom stereocenters. The molecular weight excluding hydrogens is 374 g/mol. The summed E-state index contributed by atoms with van der Waals surface area (Å²) in [6, 6.07) is 13.1. The Bertz CT molecular complexity index is 1100. The van der Waals surface area contributed by atoms with Crippen LogP contribution in [-0.2, 0) is 0 Å². The summed E-state index contributed by atoms with van der Waals surface area (Å²) in [5.41, 5.74) is 2.99. The third kappa shape index (κ3) is 3.65. The molecule has 140 valence electrons. The van der Waals surface area contributed by atoms with E-state index in [9.17, 15) is 4.79 Å². The number of rotatable bonds is 5. The van der Waals surface area contributed by atoms with Crippen LogP contribution in [0.3, 0.4) is 0 Å². The molecule has 0 saturated carbocycles. The van der Waals surface area contributed by atoms with Crippen LogP contribution in [0.15, 0.2) is 64.9 Å². The van der Waals surface area contributed by atoms with E-state index in [0.29, 0.717) is 17.3 Å². The van der Waals surface area contributed by atoms with Gasteiger partial charge in [-0.25, -0.2) is 9.97 Å². The zero-order valence-electron chi connectivity index (χ0n) is 15.3. The molecule has 6 nitrogen and oxygen atoms in total. The summed E-state index contributed by atoms with van der Waals surface area (Å²) in [4.78, 5) is 21.7. The summed E-state index contributed by atoms with van der Waals surface area (Å²) in [6.07, 6.45) is 2.81. The van der Waals surface area contributed by atoms with Crippen molar-refractivity contribution in [1.29, 1.82) is 0 Å². The number of hydrogen-bond acceptors (Lipinski definition) is 6. The highest BCUT2D eigenvalue weighted by atomic mass is 32.1. The molecule has 0 fully saturated rings. The molecule has 0 atom stereocenters. The van der Waals surface area contributed by atoms with Crippen molar-refractivity contribution in [1.82, 2.24) is 9.97 Å². The van der Waals surface area contributed by atoms with Crippen molar-refractivity contribution >= 4 is 22.9 Å². The number of aryl methyl sites for hydroxylation is 1. The highest BCUT2D eigenvalue weighted by Gasteiger charge is 2.19. The number of carbonyl (C=O) groups is 1. The van der Waals surface area contributed by atoms with E-state index in [-0.39, 0.29) is 11.6 Å². The summed E-state index contributed by atoms with van der Waals surface area (Å²) in [5.74, 6) is 1.30. The quantitative estimate of drug-likeness (QED) is 0.489. The molecule has 1 amide bonds. The van der Waals surface area contributed by atoms with Gasteiger partial charge in [-0.05, 0) is 48.6 Å². The second-order valence-corrected chi connectivity index (χ2v) is 7.09. The zero-order chi connectivity index (χ0) is 19.5. The van der Waals surface area contributed by atoms with E-state index in [4.69, 9.17) is 9.15 Å². The number of ether oxygens (including phenoxy) is 1. The Labute approximate surface area is 165 Å². The number of nitrogens with one attached hydrogen (secondary N) is 1. The van der Waals surface area contributed by atoms with Crippen LogP contribution in [0.4, 0.5) is 5.69 Å². The fourth-order valence-corrected chi connectivity index (χ4v) is 3.36. The number of pyridine rings is 1. The van der Waals surface area contributed by atoms with E-state index in [1.54, 1.807) is 18.3 Å². The summed E-state index contributed by atoms with van der Waals surface area (Å²) >= 11 is 1.48. The summed E-state index contributed by atoms with van der Waals surface area (Å²) in [7, 11) is 0. The molecule has 1 N–H and O–H groups in total. The van der Waals surface area contributed by atoms with Crippen LogP contribution in [0.5, 0.6) is 11.6 Å². The molecule has 4 rings (SSSR count). The number of hydrogen-bond donors (Lipinski definition) is 1. The molecule has 1 aromatic carbocycles. The predicted molar refractivity (Wildman–Crippen MR) is 108 cm³/mol. The lowest BCUT2D eigenvalue weighted by molar-refractivity contribution is 0.102. The second kappa shape index (κ2) is 7.66. The smallest absolute Gasteiger partial charge is 0.278 e. The molecule has 0 bridgehead atoms. The monoisotopic (exact) mass is 391 g/mol. The minimum Gasteiger partial charge on any atom is -0.442 e. The Hall–Kier alpha value is -3.45. The van der Waals surface area contributed by atoms with Gasteiger partial charge >= 0.3 is 0 Å². The van der Waals surface area contributed by atoms with Crippen LogP contribution in [0.2, 0.25) is 0 Å². The largest absolute Gasteiger partial charge is 0.442 e. The van der Waals surface area contributed by atoms with Gasteiger partial charge in [-0.15, -0.1) is 11.3 Å². The molecule has 0 aliphatic heterocycles. The van der Waals surface area contributed by atoms with Crippen LogP contribution in [0.1, 0.15) is 21.6 Å². The van der Waals surface area contributed by atoms with E-state index in [2.05, 4.69) is 15.3 Å². The minimum atomic E-state index is -0.359. The summed E-state index contributed by atoms with van der Waals surface area (Å²) in [6.45, 7) is 4.03.